The summed E-state index contributed by atoms with van der Waals surface area (Å²) in [6, 6.07) is 16.1. The van der Waals surface area contributed by atoms with Crippen molar-refractivity contribution in [2.24, 2.45) is 0 Å². The second-order valence-corrected chi connectivity index (χ2v) is 6.20. The molecule has 0 amide bonds. The molecule has 0 aliphatic carbocycles. The van der Waals surface area contributed by atoms with E-state index in [1.807, 2.05) is 55.8 Å². The maximum absolute atomic E-state index is 10.8. The summed E-state index contributed by atoms with van der Waals surface area (Å²) in [5, 5.41) is 10.8. The number of aliphatic hydroxyl groups excluding tert-OH is 1. The number of hydrogen-bond acceptors (Lipinski definition) is 4. The molecule has 1 aromatic heterocycles. The first-order valence-electron chi connectivity index (χ1n) is 8.55. The van der Waals surface area contributed by atoms with Crippen LogP contribution in [0.4, 0.5) is 5.69 Å². The first kappa shape index (κ1) is 15.9. The van der Waals surface area contributed by atoms with E-state index in [2.05, 4.69) is 27.2 Å². The highest BCUT2D eigenvalue weighted by Crippen LogP contribution is 2.43. The number of aromatic nitrogens is 2. The lowest BCUT2D eigenvalue weighted by atomic mass is 9.95. The Morgan fingerprint density at radius 2 is 2.12 bits per heavy atom. The first-order chi connectivity index (χ1) is 12.3. The van der Waals surface area contributed by atoms with E-state index in [0.29, 0.717) is 13.0 Å². The molecule has 0 spiro atoms. The van der Waals surface area contributed by atoms with Crippen LogP contribution in [0.25, 0.3) is 11.3 Å². The van der Waals surface area contributed by atoms with Crippen molar-refractivity contribution < 1.29 is 9.94 Å². The van der Waals surface area contributed by atoms with E-state index in [1.54, 1.807) is 0 Å². The number of rotatable bonds is 6. The van der Waals surface area contributed by atoms with Crippen molar-refractivity contribution in [1.82, 2.24) is 9.55 Å². The van der Waals surface area contributed by atoms with Crippen LogP contribution in [0, 0.1) is 0 Å². The maximum atomic E-state index is 10.8. The molecule has 5 nitrogen and oxygen atoms in total. The summed E-state index contributed by atoms with van der Waals surface area (Å²) in [6.07, 6.45) is 3.76. The molecule has 0 saturated heterocycles. The first-order valence-corrected chi connectivity index (χ1v) is 8.55. The third kappa shape index (κ3) is 2.92. The SMILES string of the molecule is CCONc1cccc(C(O)CC2c3ccccc3-c3cncn32)c1. The number of fused-ring (bicyclic) bond motifs is 3. The lowest BCUT2D eigenvalue weighted by molar-refractivity contribution is 0.153. The fraction of sp³-hybridized carbons (Fsp3) is 0.250. The summed E-state index contributed by atoms with van der Waals surface area (Å²) in [5.41, 5.74) is 8.14. The normalized spacial score (nSPS) is 16.3. The quantitative estimate of drug-likeness (QED) is 0.670. The van der Waals surface area contributed by atoms with Gasteiger partial charge in [-0.3, -0.25) is 10.3 Å². The van der Waals surface area contributed by atoms with Gasteiger partial charge >= 0.3 is 0 Å². The topological polar surface area (TPSA) is 59.3 Å². The zero-order valence-electron chi connectivity index (χ0n) is 14.1. The van der Waals surface area contributed by atoms with Crippen molar-refractivity contribution in [1.29, 1.82) is 0 Å². The van der Waals surface area contributed by atoms with Gasteiger partial charge in [-0.15, -0.1) is 0 Å². The second-order valence-electron chi connectivity index (χ2n) is 6.20. The van der Waals surface area contributed by atoms with Crippen molar-refractivity contribution in [3.8, 4) is 11.3 Å². The smallest absolute Gasteiger partial charge is 0.0956 e. The van der Waals surface area contributed by atoms with Crippen LogP contribution in [0.5, 0.6) is 0 Å². The Balaban J connectivity index is 1.58. The molecular formula is C20H21N3O2. The molecule has 5 heteroatoms. The van der Waals surface area contributed by atoms with Gasteiger partial charge in [0.1, 0.15) is 0 Å². The van der Waals surface area contributed by atoms with E-state index >= 15 is 0 Å². The van der Waals surface area contributed by atoms with Crippen molar-refractivity contribution in [3.05, 3.63) is 72.2 Å². The van der Waals surface area contributed by atoms with Crippen LogP contribution < -0.4 is 5.48 Å². The molecule has 25 heavy (non-hydrogen) atoms. The number of nitrogens with one attached hydrogen (secondary N) is 1. The molecule has 0 fully saturated rings. The van der Waals surface area contributed by atoms with Gasteiger partial charge in [-0.05, 0) is 30.2 Å². The van der Waals surface area contributed by atoms with Crippen LogP contribution in [0.2, 0.25) is 0 Å². The molecule has 1 aliphatic rings. The van der Waals surface area contributed by atoms with Crippen LogP contribution in [-0.4, -0.2) is 21.3 Å². The fourth-order valence-corrected chi connectivity index (χ4v) is 3.49. The van der Waals surface area contributed by atoms with Gasteiger partial charge in [-0.1, -0.05) is 36.4 Å². The van der Waals surface area contributed by atoms with Gasteiger partial charge in [0.25, 0.3) is 0 Å². The summed E-state index contributed by atoms with van der Waals surface area (Å²) >= 11 is 0. The lowest BCUT2D eigenvalue weighted by Gasteiger charge is -2.20. The van der Waals surface area contributed by atoms with E-state index in [0.717, 1.165) is 16.9 Å². The van der Waals surface area contributed by atoms with E-state index < -0.39 is 6.10 Å². The Bertz CT molecular complexity index is 875. The Morgan fingerprint density at radius 1 is 1.24 bits per heavy atom. The zero-order chi connectivity index (χ0) is 17.2. The molecule has 3 aromatic rings. The molecule has 2 heterocycles. The molecule has 0 bridgehead atoms. The standard InChI is InChI=1S/C20H21N3O2/c1-2-25-22-15-7-5-6-14(10-15)20(24)11-18-16-8-3-4-9-17(16)19-12-21-13-23(18)19/h3-10,12-13,18,20,22,24H,2,11H2,1H3. The van der Waals surface area contributed by atoms with E-state index in [-0.39, 0.29) is 6.04 Å². The molecular weight excluding hydrogens is 314 g/mol. The van der Waals surface area contributed by atoms with Gasteiger partial charge in [-0.25, -0.2) is 4.98 Å². The number of hydrogen-bond donors (Lipinski definition) is 2. The number of imidazole rings is 1. The van der Waals surface area contributed by atoms with Crippen LogP contribution in [0.1, 0.15) is 36.6 Å². The summed E-state index contributed by atoms with van der Waals surface area (Å²) < 4.78 is 2.15. The van der Waals surface area contributed by atoms with Gasteiger partial charge < -0.3 is 9.67 Å². The summed E-state index contributed by atoms with van der Waals surface area (Å²) in [7, 11) is 0. The summed E-state index contributed by atoms with van der Waals surface area (Å²) in [5.74, 6) is 0. The fourth-order valence-electron chi connectivity index (χ4n) is 3.49. The van der Waals surface area contributed by atoms with E-state index in [4.69, 9.17) is 4.84 Å². The van der Waals surface area contributed by atoms with Crippen LogP contribution in [-0.2, 0) is 4.84 Å². The largest absolute Gasteiger partial charge is 0.388 e. The van der Waals surface area contributed by atoms with Crippen LogP contribution in [0.3, 0.4) is 0 Å². The number of benzene rings is 2. The highest BCUT2D eigenvalue weighted by atomic mass is 16.6. The molecule has 2 unspecified atom stereocenters. The summed E-state index contributed by atoms with van der Waals surface area (Å²) in [4.78, 5) is 9.50. The van der Waals surface area contributed by atoms with Crippen molar-refractivity contribution >= 4 is 5.69 Å². The molecule has 0 saturated carbocycles. The van der Waals surface area contributed by atoms with Crippen molar-refractivity contribution in [3.63, 3.8) is 0 Å². The molecule has 2 N–H and O–H groups in total. The maximum Gasteiger partial charge on any atom is 0.0956 e. The minimum Gasteiger partial charge on any atom is -0.388 e. The van der Waals surface area contributed by atoms with Gasteiger partial charge in [0.2, 0.25) is 0 Å². The highest BCUT2D eigenvalue weighted by Gasteiger charge is 2.30. The molecule has 0 radical (unpaired) electrons. The zero-order valence-corrected chi connectivity index (χ0v) is 14.1. The van der Waals surface area contributed by atoms with Gasteiger partial charge in [0.05, 0.1) is 42.7 Å². The molecule has 1 aliphatic heterocycles. The average molecular weight is 335 g/mol. The molecule has 2 aromatic carbocycles. The third-order valence-electron chi connectivity index (χ3n) is 4.65. The molecule has 2 atom stereocenters. The summed E-state index contributed by atoms with van der Waals surface area (Å²) in [6.45, 7) is 2.50. The van der Waals surface area contributed by atoms with Crippen LogP contribution >= 0.6 is 0 Å². The van der Waals surface area contributed by atoms with Crippen molar-refractivity contribution in [2.75, 3.05) is 12.1 Å². The monoisotopic (exact) mass is 335 g/mol. The Morgan fingerprint density at radius 3 is 3.00 bits per heavy atom. The molecule has 128 valence electrons. The number of anilines is 1. The Labute approximate surface area is 146 Å². The number of aliphatic hydroxyl groups is 1. The van der Waals surface area contributed by atoms with E-state index in [9.17, 15) is 5.11 Å². The van der Waals surface area contributed by atoms with Gasteiger partial charge in [-0.2, -0.15) is 0 Å². The predicted octanol–water partition coefficient (Wildman–Crippen LogP) is 3.94. The third-order valence-corrected chi connectivity index (χ3v) is 4.65. The van der Waals surface area contributed by atoms with Gasteiger partial charge in [0, 0.05) is 12.0 Å². The minimum atomic E-state index is -0.574. The Kier molecular flexibility index (Phi) is 4.26. The average Bonchev–Trinajstić information content (AvgIpc) is 3.23. The highest BCUT2D eigenvalue weighted by molar-refractivity contribution is 5.68. The predicted molar refractivity (Wildman–Crippen MR) is 97.1 cm³/mol. The second kappa shape index (κ2) is 6.70. The van der Waals surface area contributed by atoms with E-state index in [1.165, 1.54) is 11.1 Å². The minimum absolute atomic E-state index is 0.0900. The van der Waals surface area contributed by atoms with Crippen molar-refractivity contribution in [2.45, 2.75) is 25.5 Å². The number of nitrogens with zero attached hydrogens (tertiary/aromatic N) is 2. The lowest BCUT2D eigenvalue weighted by Crippen LogP contribution is -2.11. The Hall–Kier alpha value is -2.63. The molecule has 4 rings (SSSR count). The van der Waals surface area contributed by atoms with Gasteiger partial charge in [0.15, 0.2) is 0 Å². The van der Waals surface area contributed by atoms with Crippen LogP contribution in [0.15, 0.2) is 61.1 Å².